The van der Waals surface area contributed by atoms with E-state index in [2.05, 4.69) is 9.72 Å². The largest absolute Gasteiger partial charge is 0.465 e. The lowest BCUT2D eigenvalue weighted by atomic mass is 10.2. The van der Waals surface area contributed by atoms with Gasteiger partial charge in [0.25, 0.3) is 0 Å². The molecular formula is C12H13NO4. The zero-order valence-electron chi connectivity index (χ0n) is 9.67. The second-order valence-electron chi connectivity index (χ2n) is 3.05. The fourth-order valence-electron chi connectivity index (χ4n) is 1.09. The van der Waals surface area contributed by atoms with E-state index in [0.29, 0.717) is 17.9 Å². The standard InChI is InChI=1S/C12H13NO4/c1-3-17-11(14)7-6-10-5-4-9(8-13-10)12(15)16-2/h4-8H,3H2,1-2H3. The van der Waals surface area contributed by atoms with Crippen LogP contribution in [0.1, 0.15) is 23.0 Å². The summed E-state index contributed by atoms with van der Waals surface area (Å²) in [7, 11) is 1.30. The number of ether oxygens (including phenoxy) is 2. The Bertz CT molecular complexity index is 423. The minimum absolute atomic E-state index is 0.331. The molecule has 0 aliphatic rings. The van der Waals surface area contributed by atoms with Gasteiger partial charge in [-0.2, -0.15) is 0 Å². The second-order valence-corrected chi connectivity index (χ2v) is 3.05. The molecule has 0 amide bonds. The molecule has 0 fully saturated rings. The molecule has 0 spiro atoms. The zero-order valence-corrected chi connectivity index (χ0v) is 9.67. The van der Waals surface area contributed by atoms with Crippen molar-refractivity contribution in [2.24, 2.45) is 0 Å². The van der Waals surface area contributed by atoms with Crippen LogP contribution in [0.5, 0.6) is 0 Å². The number of methoxy groups -OCH3 is 1. The van der Waals surface area contributed by atoms with Gasteiger partial charge in [0.05, 0.1) is 25.0 Å². The summed E-state index contributed by atoms with van der Waals surface area (Å²) < 4.78 is 9.25. The number of carbonyl (C=O) groups excluding carboxylic acids is 2. The molecule has 0 aliphatic carbocycles. The third kappa shape index (κ3) is 4.06. The van der Waals surface area contributed by atoms with Crippen LogP contribution < -0.4 is 0 Å². The molecule has 17 heavy (non-hydrogen) atoms. The van der Waals surface area contributed by atoms with Crippen molar-refractivity contribution in [3.8, 4) is 0 Å². The van der Waals surface area contributed by atoms with Gasteiger partial charge in [-0.1, -0.05) is 0 Å². The highest BCUT2D eigenvalue weighted by Gasteiger charge is 2.04. The normalized spacial score (nSPS) is 10.2. The molecule has 5 nitrogen and oxygen atoms in total. The average Bonchev–Trinajstić information content (AvgIpc) is 2.36. The molecule has 0 aliphatic heterocycles. The second kappa shape index (κ2) is 6.42. The number of nitrogens with zero attached hydrogens (tertiary/aromatic N) is 1. The topological polar surface area (TPSA) is 65.5 Å². The molecule has 1 aromatic heterocycles. The lowest BCUT2D eigenvalue weighted by molar-refractivity contribution is -0.137. The molecule has 0 bridgehead atoms. The van der Waals surface area contributed by atoms with Crippen molar-refractivity contribution in [1.29, 1.82) is 0 Å². The van der Waals surface area contributed by atoms with E-state index >= 15 is 0 Å². The molecule has 5 heteroatoms. The van der Waals surface area contributed by atoms with Gasteiger partial charge in [0, 0.05) is 12.3 Å². The zero-order chi connectivity index (χ0) is 12.7. The molecule has 0 N–H and O–H groups in total. The summed E-state index contributed by atoms with van der Waals surface area (Å²) in [6.45, 7) is 2.06. The maximum Gasteiger partial charge on any atom is 0.339 e. The first-order chi connectivity index (χ1) is 8.17. The van der Waals surface area contributed by atoms with Gasteiger partial charge in [0.2, 0.25) is 0 Å². The summed E-state index contributed by atoms with van der Waals surface area (Å²) in [6, 6.07) is 3.19. The van der Waals surface area contributed by atoms with Crippen LogP contribution in [0.25, 0.3) is 6.08 Å². The van der Waals surface area contributed by atoms with Crippen LogP contribution in [0.2, 0.25) is 0 Å². The Morgan fingerprint density at radius 2 is 2.18 bits per heavy atom. The van der Waals surface area contributed by atoms with Crippen molar-refractivity contribution in [3.63, 3.8) is 0 Å². The van der Waals surface area contributed by atoms with Crippen molar-refractivity contribution in [3.05, 3.63) is 35.7 Å². The van der Waals surface area contributed by atoms with E-state index in [-0.39, 0.29) is 0 Å². The van der Waals surface area contributed by atoms with Crippen LogP contribution in [-0.4, -0.2) is 30.6 Å². The predicted octanol–water partition coefficient (Wildman–Crippen LogP) is 1.44. The molecule has 1 aromatic rings. The average molecular weight is 235 g/mol. The Labute approximate surface area is 99.1 Å². The number of rotatable bonds is 4. The van der Waals surface area contributed by atoms with E-state index in [1.165, 1.54) is 25.5 Å². The third-order valence-corrected chi connectivity index (χ3v) is 1.88. The minimum atomic E-state index is -0.446. The molecule has 0 unspecified atom stereocenters. The van der Waals surface area contributed by atoms with Crippen LogP contribution in [0.4, 0.5) is 0 Å². The molecule has 0 saturated heterocycles. The summed E-state index contributed by atoms with van der Waals surface area (Å²) in [5, 5.41) is 0. The van der Waals surface area contributed by atoms with Gasteiger partial charge in [0.1, 0.15) is 0 Å². The van der Waals surface area contributed by atoms with Gasteiger partial charge in [-0.15, -0.1) is 0 Å². The fourth-order valence-corrected chi connectivity index (χ4v) is 1.09. The summed E-state index contributed by atoms with van der Waals surface area (Å²) in [6.07, 6.45) is 4.18. The van der Waals surface area contributed by atoms with Gasteiger partial charge >= 0.3 is 11.9 Å². The van der Waals surface area contributed by atoms with Crippen LogP contribution >= 0.6 is 0 Å². The van der Waals surface area contributed by atoms with Crippen molar-refractivity contribution in [2.75, 3.05) is 13.7 Å². The highest BCUT2D eigenvalue weighted by atomic mass is 16.5. The van der Waals surface area contributed by atoms with Gasteiger partial charge in [-0.25, -0.2) is 9.59 Å². The smallest absolute Gasteiger partial charge is 0.339 e. The predicted molar refractivity (Wildman–Crippen MR) is 61.2 cm³/mol. The molecule has 90 valence electrons. The van der Waals surface area contributed by atoms with Gasteiger partial charge in [0.15, 0.2) is 0 Å². The van der Waals surface area contributed by atoms with Gasteiger partial charge < -0.3 is 9.47 Å². The number of pyridine rings is 1. The van der Waals surface area contributed by atoms with Crippen molar-refractivity contribution in [2.45, 2.75) is 6.92 Å². The third-order valence-electron chi connectivity index (χ3n) is 1.88. The Hall–Kier alpha value is -2.17. The monoisotopic (exact) mass is 235 g/mol. The lowest BCUT2D eigenvalue weighted by Gasteiger charge is -1.98. The van der Waals surface area contributed by atoms with E-state index < -0.39 is 11.9 Å². The summed E-state index contributed by atoms with van der Waals surface area (Å²) >= 11 is 0. The SMILES string of the molecule is CCOC(=O)C=Cc1ccc(C(=O)OC)cn1. The van der Waals surface area contributed by atoms with Crippen molar-refractivity contribution >= 4 is 18.0 Å². The highest BCUT2D eigenvalue weighted by Crippen LogP contribution is 2.03. The van der Waals surface area contributed by atoms with Gasteiger partial charge in [-0.05, 0) is 25.1 Å². The van der Waals surface area contributed by atoms with Crippen LogP contribution in [0, 0.1) is 0 Å². The van der Waals surface area contributed by atoms with Crippen LogP contribution in [-0.2, 0) is 14.3 Å². The fraction of sp³-hybridized carbons (Fsp3) is 0.250. The molecule has 1 rings (SSSR count). The molecule has 0 saturated carbocycles. The Balaban J connectivity index is 2.68. The molecule has 1 heterocycles. The number of aromatic nitrogens is 1. The first-order valence-electron chi connectivity index (χ1n) is 5.06. The van der Waals surface area contributed by atoms with E-state index in [9.17, 15) is 9.59 Å². The van der Waals surface area contributed by atoms with E-state index in [1.807, 2.05) is 0 Å². The number of esters is 2. The molecule has 0 aromatic carbocycles. The Morgan fingerprint density at radius 1 is 1.41 bits per heavy atom. The van der Waals surface area contributed by atoms with E-state index in [1.54, 1.807) is 19.1 Å². The lowest BCUT2D eigenvalue weighted by Crippen LogP contribution is -2.02. The van der Waals surface area contributed by atoms with E-state index in [4.69, 9.17) is 4.74 Å². The first kappa shape index (κ1) is 12.9. The van der Waals surface area contributed by atoms with E-state index in [0.717, 1.165) is 0 Å². The summed E-state index contributed by atoms with van der Waals surface area (Å²) in [5.41, 5.74) is 0.923. The maximum atomic E-state index is 11.1. The molecular weight excluding hydrogens is 222 g/mol. The number of carbonyl (C=O) groups is 2. The molecule has 0 radical (unpaired) electrons. The summed E-state index contributed by atoms with van der Waals surface area (Å²) in [4.78, 5) is 26.1. The van der Waals surface area contributed by atoms with Crippen molar-refractivity contribution in [1.82, 2.24) is 4.98 Å². The quantitative estimate of drug-likeness (QED) is 0.583. The van der Waals surface area contributed by atoms with Crippen molar-refractivity contribution < 1.29 is 19.1 Å². The first-order valence-corrected chi connectivity index (χ1v) is 5.06. The Morgan fingerprint density at radius 3 is 2.71 bits per heavy atom. The minimum Gasteiger partial charge on any atom is -0.465 e. The number of hydrogen-bond acceptors (Lipinski definition) is 5. The van der Waals surface area contributed by atoms with Gasteiger partial charge in [-0.3, -0.25) is 4.98 Å². The molecule has 0 atom stereocenters. The number of hydrogen-bond donors (Lipinski definition) is 0. The summed E-state index contributed by atoms with van der Waals surface area (Å²) in [5.74, 6) is -0.871. The van der Waals surface area contributed by atoms with Crippen LogP contribution in [0.3, 0.4) is 0 Å². The van der Waals surface area contributed by atoms with Crippen LogP contribution in [0.15, 0.2) is 24.4 Å². The maximum absolute atomic E-state index is 11.1. The Kier molecular flexibility index (Phi) is 4.87. The highest BCUT2D eigenvalue weighted by molar-refractivity contribution is 5.89.